The first kappa shape index (κ1) is 10.0. The zero-order chi connectivity index (χ0) is 5.86. The van der Waals surface area contributed by atoms with Crippen LogP contribution in [0.5, 0.6) is 0 Å². The minimum atomic E-state index is -0.631. The monoisotopic (exact) mass is 404 g/mol. The summed E-state index contributed by atoms with van der Waals surface area (Å²) in [5.41, 5.74) is -0.631. The maximum absolute atomic E-state index is 9.87. The summed E-state index contributed by atoms with van der Waals surface area (Å²) >= 11 is 5.71. The van der Waals surface area contributed by atoms with E-state index < -0.39 is 5.43 Å². The summed E-state index contributed by atoms with van der Waals surface area (Å²) < 4.78 is 4.91. The molecule has 0 rings (SSSR count). The Hall–Kier alpha value is 3.03. The summed E-state index contributed by atoms with van der Waals surface area (Å²) in [6, 6.07) is 0. The Kier molecular flexibility index (Phi) is 8.30. The Balaban J connectivity index is 3.13. The summed E-state index contributed by atoms with van der Waals surface area (Å²) in [5.74, 6) is 0. The average Bonchev–Trinajstić information content (AvgIpc) is 1.27. The van der Waals surface area contributed by atoms with Crippen molar-refractivity contribution in [2.45, 2.75) is -5.79 Å². The molecular formula is C2H2ClO2RaRb. The van der Waals surface area contributed by atoms with E-state index >= 15 is 0 Å². The fourth-order valence-electron chi connectivity index (χ4n) is 0.185. The SMILES string of the molecule is O=C(Cl)O[CH]([Rb])[RaH]. The van der Waals surface area contributed by atoms with E-state index in [0.29, 0.717) is 92.5 Å². The van der Waals surface area contributed by atoms with Crippen molar-refractivity contribution in [2.75, 3.05) is 0 Å². The molecule has 0 heterocycles. The number of carbonyl (C=O) groups excluding carboxylic acids is 1. The first-order valence-corrected chi connectivity index (χ1v) is 9.95. The Morgan fingerprint density at radius 2 is 2.43 bits per heavy atom. The number of rotatable bonds is 1. The molecule has 0 spiro atoms. The molecule has 0 saturated heterocycles. The van der Waals surface area contributed by atoms with E-state index in [2.05, 4.69) is 4.74 Å². The van der Waals surface area contributed by atoms with Gasteiger partial charge in [-0.15, -0.1) is 0 Å². The van der Waals surface area contributed by atoms with Crippen molar-refractivity contribution in [3.63, 3.8) is 0 Å². The number of ether oxygens (including phenoxy) is 1. The summed E-state index contributed by atoms with van der Waals surface area (Å²) in [6.07, 6.45) is 0. The van der Waals surface area contributed by atoms with Crippen LogP contribution >= 0.6 is 11.6 Å². The molecule has 0 amide bonds. The summed E-state index contributed by atoms with van der Waals surface area (Å²) in [4.78, 5) is 9.87. The van der Waals surface area contributed by atoms with Crippen LogP contribution in [0.4, 0.5) is 4.79 Å². The Bertz CT molecular complexity index is 76.1. The van der Waals surface area contributed by atoms with E-state index in [1.807, 2.05) is 0 Å². The predicted octanol–water partition coefficient (Wildman–Crippen LogP) is 0.0955. The van der Waals surface area contributed by atoms with Crippen LogP contribution in [0.15, 0.2) is 0 Å². The third-order valence-electron chi connectivity index (χ3n) is 0.328. The molecule has 0 aliphatic heterocycles. The molecule has 0 aliphatic rings. The summed E-state index contributed by atoms with van der Waals surface area (Å²) in [5, 5.41) is 0. The second-order valence-electron chi connectivity index (χ2n) is 1.40. The third kappa shape index (κ3) is 9.03. The average molecular weight is 405 g/mol. The molecule has 5 heteroatoms. The fraction of sp³-hybridized carbons (Fsp3) is 0.500. The maximum atomic E-state index is 9.87. The standard InChI is InChI=1S/C2HClO2.Ra.Rb.H/c1-5-2(3)4;;;/h1H;;;. The topological polar surface area (TPSA) is 26.3 Å². The molecule has 2 nitrogen and oxygen atoms in total. The molecule has 0 aliphatic carbocycles. The predicted molar refractivity (Wildman–Crippen MR) is 23.3 cm³/mol. The minimum absolute atomic E-state index is 0.333. The van der Waals surface area contributed by atoms with Crippen molar-refractivity contribution < 1.29 is 52.3 Å². The fourth-order valence-corrected chi connectivity index (χ4v) is 2.75. The van der Waals surface area contributed by atoms with E-state index in [-0.39, 0.29) is 0 Å². The molecule has 0 aromatic rings. The van der Waals surface area contributed by atoms with Crippen LogP contribution in [-0.4, -0.2) is 55.2 Å². The van der Waals surface area contributed by atoms with Crippen LogP contribution in [-0.2, 0) is 4.74 Å². The number of halogens is 1. The van der Waals surface area contributed by atoms with E-state index in [1.54, 1.807) is 0 Å². The molecule has 0 fully saturated rings. The van der Waals surface area contributed by atoms with Crippen molar-refractivity contribution in [3.05, 3.63) is 0 Å². The Morgan fingerprint density at radius 1 is 2.00 bits per heavy atom. The van der Waals surface area contributed by atoms with Gasteiger partial charge in [-0.2, -0.15) is 0 Å². The van der Waals surface area contributed by atoms with Gasteiger partial charge in [0, 0.05) is 0 Å². The molecule has 0 saturated carbocycles. The quantitative estimate of drug-likeness (QED) is 0.579. The van der Waals surface area contributed by atoms with Gasteiger partial charge in [0.2, 0.25) is 0 Å². The molecule has 7 heavy (non-hydrogen) atoms. The molecule has 0 bridgehead atoms. The van der Waals surface area contributed by atoms with Crippen LogP contribution < -0.4 is 0 Å². The van der Waals surface area contributed by atoms with Gasteiger partial charge in [-0.05, 0) is 0 Å². The Morgan fingerprint density at radius 3 is 2.43 bits per heavy atom. The van der Waals surface area contributed by atoms with Gasteiger partial charge in [0.25, 0.3) is 0 Å². The second-order valence-corrected chi connectivity index (χ2v) is 35.7. The van der Waals surface area contributed by atoms with E-state index in [1.165, 1.54) is 0 Å². The van der Waals surface area contributed by atoms with Gasteiger partial charge < -0.3 is 0 Å². The van der Waals surface area contributed by atoms with Crippen molar-refractivity contribution >= 4 is 72.6 Å². The van der Waals surface area contributed by atoms with Crippen LogP contribution in [0, 0.1) is 42.8 Å². The number of hydrogen-bond acceptors (Lipinski definition) is 2. The molecular weight excluding hydrogens is 403 g/mol. The second kappa shape index (κ2) is 5.79. The van der Waals surface area contributed by atoms with Crippen molar-refractivity contribution in [3.8, 4) is 0 Å². The first-order valence-electron chi connectivity index (χ1n) is 1.99. The van der Waals surface area contributed by atoms with Gasteiger partial charge in [0.1, 0.15) is 0 Å². The van der Waals surface area contributed by atoms with Gasteiger partial charge in [0.15, 0.2) is 0 Å². The van der Waals surface area contributed by atoms with Gasteiger partial charge >= 0.3 is 119 Å². The molecule has 32 valence electrons. The van der Waals surface area contributed by atoms with Crippen LogP contribution in [0.1, 0.15) is 0 Å². The molecule has 0 aromatic carbocycles. The molecule has 0 aromatic heterocycles. The van der Waals surface area contributed by atoms with E-state index in [4.69, 9.17) is 11.6 Å². The van der Waals surface area contributed by atoms with Gasteiger partial charge in [0.05, 0.1) is 0 Å². The molecule has 0 N–H and O–H groups in total. The van der Waals surface area contributed by atoms with E-state index in [0.717, 1.165) is 0 Å². The molecule has 0 radical (unpaired) electrons. The van der Waals surface area contributed by atoms with E-state index in [9.17, 15) is 4.79 Å². The van der Waals surface area contributed by atoms with Gasteiger partial charge in [-0.1, -0.05) is 0 Å². The normalized spacial score (nSPS) is 12.9. The zero-order valence-electron chi connectivity index (χ0n) is 4.27. The van der Waals surface area contributed by atoms with Crippen LogP contribution in [0.3, 0.4) is 0 Å². The first-order chi connectivity index (χ1) is 3.13. The van der Waals surface area contributed by atoms with Crippen LogP contribution in [0.25, 0.3) is 0 Å². The zero-order valence-corrected chi connectivity index (χ0v) is 18.2. The number of carbonyl (C=O) groups is 1. The summed E-state index contributed by atoms with van der Waals surface area (Å²) in [6.45, 7) is 0. The Labute approximate surface area is 115 Å². The number of hydrogen-bond donors (Lipinski definition) is 0. The van der Waals surface area contributed by atoms with Crippen LogP contribution in [0.2, 0.25) is 0 Å². The van der Waals surface area contributed by atoms with Crippen molar-refractivity contribution in [1.29, 1.82) is 0 Å². The van der Waals surface area contributed by atoms with Crippen molar-refractivity contribution in [1.82, 2.24) is 0 Å². The summed E-state index contributed by atoms with van der Waals surface area (Å²) in [7, 11) is 0. The molecule has 1 unspecified atom stereocenters. The molecule has 1 atom stereocenters. The van der Waals surface area contributed by atoms with Crippen molar-refractivity contribution in [2.24, 2.45) is 0 Å². The van der Waals surface area contributed by atoms with Gasteiger partial charge in [-0.25, -0.2) is 0 Å². The van der Waals surface area contributed by atoms with Gasteiger partial charge in [-0.3, -0.25) is 0 Å². The third-order valence-corrected chi connectivity index (χ3v) is 1.97.